The molecular weight excluding hydrogens is 276 g/mol. The Bertz CT molecular complexity index is 647. The Morgan fingerprint density at radius 3 is 2.77 bits per heavy atom. The number of furan rings is 1. The van der Waals surface area contributed by atoms with Gasteiger partial charge in [0, 0.05) is 25.2 Å². The van der Waals surface area contributed by atoms with Gasteiger partial charge in [-0.1, -0.05) is 24.3 Å². The lowest BCUT2D eigenvalue weighted by molar-refractivity contribution is 0.0825. The maximum Gasteiger partial charge on any atom is 0.254 e. The van der Waals surface area contributed by atoms with Crippen molar-refractivity contribution in [3.63, 3.8) is 0 Å². The number of nitrogens with one attached hydrogen (secondary N) is 1. The molecular formula is C18H22N2O2. The molecule has 4 nitrogen and oxygen atoms in total. The number of rotatable bonds is 4. The number of amides is 1. The second-order valence-electron chi connectivity index (χ2n) is 6.45. The number of benzene rings is 1. The first kappa shape index (κ1) is 14.9. The predicted molar refractivity (Wildman–Crippen MR) is 85.7 cm³/mol. The SMILES string of the molecule is CC(C)(CNC(=O)c1ccoc1)N1CCc2ccccc2C1. The van der Waals surface area contributed by atoms with Crippen LogP contribution in [0.2, 0.25) is 0 Å². The number of hydrogen-bond acceptors (Lipinski definition) is 3. The first-order chi connectivity index (χ1) is 10.6. The number of carbonyl (C=O) groups excluding carboxylic acids is 1. The highest BCUT2D eigenvalue weighted by Gasteiger charge is 2.30. The Morgan fingerprint density at radius 1 is 1.27 bits per heavy atom. The molecule has 0 aliphatic carbocycles. The molecule has 116 valence electrons. The van der Waals surface area contributed by atoms with E-state index in [1.165, 1.54) is 23.7 Å². The van der Waals surface area contributed by atoms with Crippen LogP contribution in [0.25, 0.3) is 0 Å². The Labute approximate surface area is 131 Å². The maximum absolute atomic E-state index is 12.0. The molecule has 1 aliphatic rings. The summed E-state index contributed by atoms with van der Waals surface area (Å²) in [5, 5.41) is 3.01. The van der Waals surface area contributed by atoms with Gasteiger partial charge in [0.05, 0.1) is 11.8 Å². The minimum atomic E-state index is -0.0904. The van der Waals surface area contributed by atoms with Gasteiger partial charge in [0.25, 0.3) is 5.91 Å². The van der Waals surface area contributed by atoms with Crippen molar-refractivity contribution in [1.29, 1.82) is 0 Å². The van der Waals surface area contributed by atoms with E-state index in [0.29, 0.717) is 12.1 Å². The van der Waals surface area contributed by atoms with Gasteiger partial charge in [-0.3, -0.25) is 9.69 Å². The molecule has 2 heterocycles. The lowest BCUT2D eigenvalue weighted by Gasteiger charge is -2.41. The third-order valence-electron chi connectivity index (χ3n) is 4.45. The van der Waals surface area contributed by atoms with Crippen molar-refractivity contribution in [1.82, 2.24) is 10.2 Å². The fourth-order valence-electron chi connectivity index (χ4n) is 2.92. The molecule has 3 rings (SSSR count). The minimum absolute atomic E-state index is 0.0840. The summed E-state index contributed by atoms with van der Waals surface area (Å²) in [6.45, 7) is 6.92. The van der Waals surface area contributed by atoms with Gasteiger partial charge in [-0.15, -0.1) is 0 Å². The summed E-state index contributed by atoms with van der Waals surface area (Å²) in [5.41, 5.74) is 3.31. The van der Waals surface area contributed by atoms with Crippen LogP contribution < -0.4 is 5.32 Å². The Balaban J connectivity index is 1.62. The van der Waals surface area contributed by atoms with E-state index in [-0.39, 0.29) is 11.4 Å². The average Bonchev–Trinajstić information content (AvgIpc) is 3.07. The van der Waals surface area contributed by atoms with Crippen molar-refractivity contribution in [2.45, 2.75) is 32.4 Å². The van der Waals surface area contributed by atoms with E-state index in [1.807, 2.05) is 0 Å². The van der Waals surface area contributed by atoms with E-state index in [4.69, 9.17) is 4.42 Å². The number of carbonyl (C=O) groups is 1. The third kappa shape index (κ3) is 3.07. The average molecular weight is 298 g/mol. The van der Waals surface area contributed by atoms with Crippen molar-refractivity contribution in [3.05, 3.63) is 59.5 Å². The van der Waals surface area contributed by atoms with E-state index in [0.717, 1.165) is 19.5 Å². The van der Waals surface area contributed by atoms with Crippen molar-refractivity contribution < 1.29 is 9.21 Å². The molecule has 1 aliphatic heterocycles. The number of fused-ring (bicyclic) bond motifs is 1. The molecule has 1 amide bonds. The zero-order valence-corrected chi connectivity index (χ0v) is 13.1. The van der Waals surface area contributed by atoms with E-state index in [1.54, 1.807) is 6.07 Å². The van der Waals surface area contributed by atoms with Gasteiger partial charge in [-0.05, 0) is 37.5 Å². The maximum atomic E-state index is 12.0. The highest BCUT2D eigenvalue weighted by molar-refractivity contribution is 5.93. The van der Waals surface area contributed by atoms with E-state index < -0.39 is 0 Å². The predicted octanol–water partition coefficient (Wildman–Crippen LogP) is 2.85. The van der Waals surface area contributed by atoms with Crippen LogP contribution in [0.1, 0.15) is 35.3 Å². The fraction of sp³-hybridized carbons (Fsp3) is 0.389. The van der Waals surface area contributed by atoms with Gasteiger partial charge in [0.15, 0.2) is 0 Å². The summed E-state index contributed by atoms with van der Waals surface area (Å²) in [4.78, 5) is 14.5. The van der Waals surface area contributed by atoms with Gasteiger partial charge in [-0.2, -0.15) is 0 Å². The lowest BCUT2D eigenvalue weighted by Crippen LogP contribution is -2.53. The first-order valence-electron chi connectivity index (χ1n) is 7.68. The molecule has 0 saturated carbocycles. The quantitative estimate of drug-likeness (QED) is 0.944. The Morgan fingerprint density at radius 2 is 2.05 bits per heavy atom. The van der Waals surface area contributed by atoms with Gasteiger partial charge >= 0.3 is 0 Å². The molecule has 1 aromatic carbocycles. The van der Waals surface area contributed by atoms with Crippen molar-refractivity contribution >= 4 is 5.91 Å². The molecule has 0 radical (unpaired) electrons. The number of nitrogens with zero attached hydrogens (tertiary/aromatic N) is 1. The van der Waals surface area contributed by atoms with Gasteiger partial charge in [0.2, 0.25) is 0 Å². The second kappa shape index (κ2) is 5.97. The topological polar surface area (TPSA) is 45.5 Å². The highest BCUT2D eigenvalue weighted by atomic mass is 16.3. The first-order valence-corrected chi connectivity index (χ1v) is 7.68. The fourth-order valence-corrected chi connectivity index (χ4v) is 2.92. The summed E-state index contributed by atoms with van der Waals surface area (Å²) in [5.74, 6) is -0.0840. The normalized spacial score (nSPS) is 15.4. The van der Waals surface area contributed by atoms with Crippen LogP contribution in [-0.2, 0) is 13.0 Å². The smallest absolute Gasteiger partial charge is 0.254 e. The van der Waals surface area contributed by atoms with Crippen LogP contribution in [0.4, 0.5) is 0 Å². The molecule has 0 bridgehead atoms. The molecule has 0 atom stereocenters. The zero-order chi connectivity index (χ0) is 15.6. The Kier molecular flexibility index (Phi) is 4.03. The van der Waals surface area contributed by atoms with Crippen LogP contribution in [0.15, 0.2) is 47.3 Å². The summed E-state index contributed by atoms with van der Waals surface area (Å²) >= 11 is 0. The zero-order valence-electron chi connectivity index (χ0n) is 13.1. The lowest BCUT2D eigenvalue weighted by atomic mass is 9.94. The highest BCUT2D eigenvalue weighted by Crippen LogP contribution is 2.24. The summed E-state index contributed by atoms with van der Waals surface area (Å²) in [7, 11) is 0. The molecule has 4 heteroatoms. The van der Waals surface area contributed by atoms with Crippen LogP contribution in [0.3, 0.4) is 0 Å². The van der Waals surface area contributed by atoms with Crippen molar-refractivity contribution in [2.24, 2.45) is 0 Å². The van der Waals surface area contributed by atoms with Crippen molar-refractivity contribution in [3.8, 4) is 0 Å². The Hall–Kier alpha value is -2.07. The van der Waals surface area contributed by atoms with E-state index in [9.17, 15) is 4.79 Å². The molecule has 22 heavy (non-hydrogen) atoms. The molecule has 0 spiro atoms. The van der Waals surface area contributed by atoms with Crippen LogP contribution in [-0.4, -0.2) is 29.4 Å². The van der Waals surface area contributed by atoms with E-state index >= 15 is 0 Å². The monoisotopic (exact) mass is 298 g/mol. The second-order valence-corrected chi connectivity index (χ2v) is 6.45. The van der Waals surface area contributed by atoms with Gasteiger partial charge in [0.1, 0.15) is 6.26 Å². The summed E-state index contributed by atoms with van der Waals surface area (Å²) < 4.78 is 4.95. The van der Waals surface area contributed by atoms with Crippen LogP contribution >= 0.6 is 0 Å². The van der Waals surface area contributed by atoms with Gasteiger partial charge < -0.3 is 9.73 Å². The van der Waals surface area contributed by atoms with Crippen LogP contribution in [0, 0.1) is 0 Å². The summed E-state index contributed by atoms with van der Waals surface area (Å²) in [6.07, 6.45) is 4.05. The largest absolute Gasteiger partial charge is 0.472 e. The molecule has 2 aromatic rings. The standard InChI is InChI=1S/C18H22N2O2/c1-18(2,13-19-17(21)16-8-10-22-12-16)20-9-7-14-5-3-4-6-15(14)11-20/h3-6,8,10,12H,7,9,11,13H2,1-2H3,(H,19,21). The van der Waals surface area contributed by atoms with Crippen LogP contribution in [0.5, 0.6) is 0 Å². The third-order valence-corrected chi connectivity index (χ3v) is 4.45. The van der Waals surface area contributed by atoms with Crippen molar-refractivity contribution in [2.75, 3.05) is 13.1 Å². The molecule has 0 fully saturated rings. The molecule has 1 aromatic heterocycles. The summed E-state index contributed by atoms with van der Waals surface area (Å²) in [6, 6.07) is 10.3. The molecule has 1 N–H and O–H groups in total. The molecule has 0 unspecified atom stereocenters. The minimum Gasteiger partial charge on any atom is -0.472 e. The van der Waals surface area contributed by atoms with E-state index in [2.05, 4.69) is 48.3 Å². The number of hydrogen-bond donors (Lipinski definition) is 1. The van der Waals surface area contributed by atoms with Gasteiger partial charge in [-0.25, -0.2) is 0 Å². The molecule has 0 saturated heterocycles.